The summed E-state index contributed by atoms with van der Waals surface area (Å²) >= 11 is 5.11. The smallest absolute Gasteiger partial charge is 0.141 e. The molecular weight excluding hydrogens is 284 g/mol. The average molecular weight is 301 g/mol. The van der Waals surface area contributed by atoms with Crippen molar-refractivity contribution < 1.29 is 4.79 Å². The van der Waals surface area contributed by atoms with Crippen LogP contribution < -0.4 is 0 Å². The molecule has 1 atom stereocenters. The van der Waals surface area contributed by atoms with Gasteiger partial charge in [0, 0.05) is 17.2 Å². The maximum atomic E-state index is 12.2. The maximum absolute atomic E-state index is 12.2. The van der Waals surface area contributed by atoms with Gasteiger partial charge in [0.05, 0.1) is 3.79 Å². The van der Waals surface area contributed by atoms with E-state index in [0.29, 0.717) is 12.2 Å². The van der Waals surface area contributed by atoms with E-state index in [1.807, 2.05) is 6.07 Å². The Morgan fingerprint density at radius 1 is 1.56 bits per heavy atom. The van der Waals surface area contributed by atoms with Crippen LogP contribution in [0.4, 0.5) is 0 Å². The minimum atomic E-state index is 0.214. The molecule has 0 saturated heterocycles. The van der Waals surface area contributed by atoms with Crippen molar-refractivity contribution in [2.45, 2.75) is 39.5 Å². The van der Waals surface area contributed by atoms with E-state index in [1.165, 1.54) is 17.7 Å². The molecule has 1 fully saturated rings. The van der Waals surface area contributed by atoms with E-state index in [9.17, 15) is 4.79 Å². The molecule has 0 aromatic carbocycles. The molecule has 2 rings (SSSR count). The number of ketones is 1. The lowest BCUT2D eigenvalue weighted by Crippen LogP contribution is -2.26. The SMILES string of the molecule is CC1(C)CCCC1C(=O)Cc1ccc(Br)s1. The quantitative estimate of drug-likeness (QED) is 0.806. The van der Waals surface area contributed by atoms with Crippen molar-refractivity contribution in [1.82, 2.24) is 0 Å². The molecule has 0 radical (unpaired) electrons. The number of halogens is 1. The largest absolute Gasteiger partial charge is 0.299 e. The summed E-state index contributed by atoms with van der Waals surface area (Å²) in [6.07, 6.45) is 4.10. The van der Waals surface area contributed by atoms with E-state index in [2.05, 4.69) is 35.8 Å². The standard InChI is InChI=1S/C13H17BrOS/c1-13(2)7-3-4-10(13)11(15)8-9-5-6-12(14)16-9/h5-6,10H,3-4,7-8H2,1-2H3. The molecular formula is C13H17BrOS. The fraction of sp³-hybridized carbons (Fsp3) is 0.615. The number of Topliss-reactive ketones (excluding diaryl/α,β-unsaturated/α-hetero) is 1. The molecule has 1 aromatic heterocycles. The van der Waals surface area contributed by atoms with E-state index in [-0.39, 0.29) is 11.3 Å². The lowest BCUT2D eigenvalue weighted by Gasteiger charge is -2.25. The Kier molecular flexibility index (Phi) is 3.55. The zero-order valence-electron chi connectivity index (χ0n) is 9.75. The lowest BCUT2D eigenvalue weighted by molar-refractivity contribution is -0.124. The monoisotopic (exact) mass is 300 g/mol. The number of hydrogen-bond acceptors (Lipinski definition) is 2. The highest BCUT2D eigenvalue weighted by Gasteiger charge is 2.38. The van der Waals surface area contributed by atoms with Gasteiger partial charge >= 0.3 is 0 Å². The summed E-state index contributed by atoms with van der Waals surface area (Å²) in [5, 5.41) is 0. The minimum absolute atomic E-state index is 0.214. The van der Waals surface area contributed by atoms with E-state index < -0.39 is 0 Å². The summed E-state index contributed by atoms with van der Waals surface area (Å²) in [7, 11) is 0. The Morgan fingerprint density at radius 3 is 2.81 bits per heavy atom. The van der Waals surface area contributed by atoms with Crippen molar-refractivity contribution in [2.24, 2.45) is 11.3 Å². The van der Waals surface area contributed by atoms with Gasteiger partial charge in [0.15, 0.2) is 0 Å². The molecule has 1 nitrogen and oxygen atoms in total. The van der Waals surface area contributed by atoms with Crippen LogP contribution in [0.3, 0.4) is 0 Å². The van der Waals surface area contributed by atoms with Crippen molar-refractivity contribution in [3.8, 4) is 0 Å². The van der Waals surface area contributed by atoms with Crippen LogP contribution in [0.15, 0.2) is 15.9 Å². The third-order valence-electron chi connectivity index (χ3n) is 3.62. The lowest BCUT2D eigenvalue weighted by atomic mass is 9.78. The van der Waals surface area contributed by atoms with Gasteiger partial charge in [-0.05, 0) is 46.3 Å². The molecule has 0 amide bonds. The van der Waals surface area contributed by atoms with Gasteiger partial charge in [-0.1, -0.05) is 20.3 Å². The van der Waals surface area contributed by atoms with Crippen LogP contribution in [0.1, 0.15) is 38.0 Å². The summed E-state index contributed by atoms with van der Waals surface area (Å²) in [5.41, 5.74) is 0.214. The van der Waals surface area contributed by atoms with Crippen LogP contribution in [0.5, 0.6) is 0 Å². The topological polar surface area (TPSA) is 17.1 Å². The fourth-order valence-corrected chi connectivity index (χ4v) is 4.16. The van der Waals surface area contributed by atoms with Crippen LogP contribution >= 0.6 is 27.3 Å². The maximum Gasteiger partial charge on any atom is 0.141 e. The molecule has 1 aliphatic carbocycles. The van der Waals surface area contributed by atoms with Crippen molar-refractivity contribution in [3.05, 3.63) is 20.8 Å². The Hall–Kier alpha value is -0.150. The van der Waals surface area contributed by atoms with Gasteiger partial charge in [-0.15, -0.1) is 11.3 Å². The van der Waals surface area contributed by atoms with E-state index in [1.54, 1.807) is 11.3 Å². The number of hydrogen-bond donors (Lipinski definition) is 0. The summed E-state index contributed by atoms with van der Waals surface area (Å²) in [6, 6.07) is 4.07. The third kappa shape index (κ3) is 2.57. The van der Waals surface area contributed by atoms with Gasteiger partial charge in [-0.3, -0.25) is 4.79 Å². The van der Waals surface area contributed by atoms with Gasteiger partial charge in [-0.25, -0.2) is 0 Å². The van der Waals surface area contributed by atoms with Crippen LogP contribution in [0, 0.1) is 11.3 Å². The Balaban J connectivity index is 2.03. The molecule has 0 aliphatic heterocycles. The first-order valence-corrected chi connectivity index (χ1v) is 7.37. The molecule has 1 heterocycles. The molecule has 1 saturated carbocycles. The van der Waals surface area contributed by atoms with Gasteiger partial charge in [0.25, 0.3) is 0 Å². The predicted octanol–water partition coefficient (Wildman–Crippen LogP) is 4.45. The Morgan fingerprint density at radius 2 is 2.31 bits per heavy atom. The third-order valence-corrected chi connectivity index (χ3v) is 5.25. The van der Waals surface area contributed by atoms with Crippen LogP contribution in [-0.2, 0) is 11.2 Å². The van der Waals surface area contributed by atoms with Crippen LogP contribution in [-0.4, -0.2) is 5.78 Å². The zero-order chi connectivity index (χ0) is 11.8. The number of carbonyl (C=O) groups is 1. The Labute approximate surface area is 109 Å². The highest BCUT2D eigenvalue weighted by atomic mass is 79.9. The second kappa shape index (κ2) is 4.61. The zero-order valence-corrected chi connectivity index (χ0v) is 12.2. The van der Waals surface area contributed by atoms with E-state index >= 15 is 0 Å². The molecule has 0 N–H and O–H groups in total. The average Bonchev–Trinajstić information content (AvgIpc) is 2.72. The first kappa shape index (κ1) is 12.3. The summed E-state index contributed by atoms with van der Waals surface area (Å²) in [5.74, 6) is 0.699. The molecule has 0 spiro atoms. The summed E-state index contributed by atoms with van der Waals surface area (Å²) < 4.78 is 1.11. The number of rotatable bonds is 3. The molecule has 88 valence electrons. The minimum Gasteiger partial charge on any atom is -0.299 e. The van der Waals surface area contributed by atoms with E-state index in [0.717, 1.165) is 10.2 Å². The van der Waals surface area contributed by atoms with Crippen LogP contribution in [0.25, 0.3) is 0 Å². The van der Waals surface area contributed by atoms with Crippen molar-refractivity contribution in [2.75, 3.05) is 0 Å². The van der Waals surface area contributed by atoms with Gasteiger partial charge in [-0.2, -0.15) is 0 Å². The second-order valence-corrected chi connectivity index (χ2v) is 7.83. The Bertz CT molecular complexity index is 394. The second-order valence-electron chi connectivity index (χ2n) is 5.28. The first-order valence-electron chi connectivity index (χ1n) is 5.76. The van der Waals surface area contributed by atoms with Gasteiger partial charge in [0.1, 0.15) is 5.78 Å². The van der Waals surface area contributed by atoms with Crippen molar-refractivity contribution in [3.63, 3.8) is 0 Å². The number of carbonyl (C=O) groups excluding carboxylic acids is 1. The summed E-state index contributed by atoms with van der Waals surface area (Å²) in [4.78, 5) is 13.4. The normalized spacial score (nSPS) is 23.6. The number of thiophene rings is 1. The molecule has 1 aromatic rings. The van der Waals surface area contributed by atoms with Crippen molar-refractivity contribution in [1.29, 1.82) is 0 Å². The van der Waals surface area contributed by atoms with E-state index in [4.69, 9.17) is 0 Å². The van der Waals surface area contributed by atoms with Gasteiger partial charge in [0.2, 0.25) is 0 Å². The fourth-order valence-electron chi connectivity index (χ4n) is 2.67. The highest BCUT2D eigenvalue weighted by Crippen LogP contribution is 2.43. The molecule has 1 aliphatic rings. The molecule has 1 unspecified atom stereocenters. The predicted molar refractivity (Wildman–Crippen MR) is 71.9 cm³/mol. The molecule has 0 bridgehead atoms. The summed E-state index contributed by atoms with van der Waals surface area (Å²) in [6.45, 7) is 4.46. The van der Waals surface area contributed by atoms with Crippen LogP contribution in [0.2, 0.25) is 0 Å². The molecule has 16 heavy (non-hydrogen) atoms. The molecule has 3 heteroatoms. The first-order chi connectivity index (χ1) is 7.49. The van der Waals surface area contributed by atoms with Gasteiger partial charge < -0.3 is 0 Å². The highest BCUT2D eigenvalue weighted by molar-refractivity contribution is 9.11. The van der Waals surface area contributed by atoms with Crippen molar-refractivity contribution >= 4 is 33.0 Å².